The van der Waals surface area contributed by atoms with Gasteiger partial charge >= 0.3 is 0 Å². The summed E-state index contributed by atoms with van der Waals surface area (Å²) >= 11 is 0. The summed E-state index contributed by atoms with van der Waals surface area (Å²) in [6, 6.07) is 9.08. The third-order valence-corrected chi connectivity index (χ3v) is 5.24. The molecule has 1 N–H and O–H groups in total. The van der Waals surface area contributed by atoms with Crippen molar-refractivity contribution < 1.29 is 9.59 Å². The number of aryl methyl sites for hydroxylation is 1. The number of nitrogens with one attached hydrogen (secondary N) is 1. The van der Waals surface area contributed by atoms with E-state index >= 15 is 0 Å². The third kappa shape index (κ3) is 3.93. The number of pyridine rings is 1. The van der Waals surface area contributed by atoms with Gasteiger partial charge < -0.3 is 5.32 Å². The maximum atomic E-state index is 13.3. The number of hydrogen-bond donors (Lipinski definition) is 1. The number of carbonyl (C=O) groups is 2. The normalized spacial score (nSPS) is 15.2. The maximum Gasteiger partial charge on any atom is 0.268 e. The number of carbonyl (C=O) groups excluding carboxylic acids is 2. The predicted molar refractivity (Wildman–Crippen MR) is 110 cm³/mol. The molecule has 28 heavy (non-hydrogen) atoms. The highest BCUT2D eigenvalue weighted by atomic mass is 16.2. The number of rotatable bonds is 5. The first-order valence-corrected chi connectivity index (χ1v) is 9.91. The van der Waals surface area contributed by atoms with E-state index in [1.165, 1.54) is 6.07 Å². The second-order valence-electron chi connectivity index (χ2n) is 8.44. The van der Waals surface area contributed by atoms with Crippen molar-refractivity contribution in [2.45, 2.75) is 53.4 Å². The molecule has 0 fully saturated rings. The number of unbranched alkanes of at least 4 members (excludes halogenated alkanes) is 1. The fourth-order valence-corrected chi connectivity index (χ4v) is 3.72. The van der Waals surface area contributed by atoms with Crippen LogP contribution in [0.15, 0.2) is 35.1 Å². The Hall–Kier alpha value is -2.69. The predicted octanol–water partition coefficient (Wildman–Crippen LogP) is 3.83. The molecule has 3 rings (SSSR count). The van der Waals surface area contributed by atoms with Gasteiger partial charge in [0.2, 0.25) is 0 Å². The number of nitrogens with zero attached hydrogens (tertiary/aromatic N) is 1. The Morgan fingerprint density at radius 1 is 1.14 bits per heavy atom. The monoisotopic (exact) mass is 380 g/mol. The van der Waals surface area contributed by atoms with Crippen molar-refractivity contribution in [2.24, 2.45) is 5.41 Å². The maximum absolute atomic E-state index is 13.3. The minimum absolute atomic E-state index is 0.0188. The standard InChI is InChI=1S/C23H28N2O3/c1-5-6-11-24-21(27)18-12-17-19(13-23(3,4)14-20(17)26)25(22(18)28)16-9-7-15(2)8-10-16/h7-10,12H,5-6,11,13-14H2,1-4H3,(H,24,27). The Morgan fingerprint density at radius 3 is 2.46 bits per heavy atom. The molecule has 0 spiro atoms. The topological polar surface area (TPSA) is 68.2 Å². The Labute approximate surface area is 165 Å². The summed E-state index contributed by atoms with van der Waals surface area (Å²) < 4.78 is 1.56. The molecular weight excluding hydrogens is 352 g/mol. The van der Waals surface area contributed by atoms with Crippen LogP contribution in [-0.2, 0) is 6.42 Å². The zero-order valence-electron chi connectivity index (χ0n) is 17.1. The van der Waals surface area contributed by atoms with Crippen LogP contribution in [0, 0.1) is 12.3 Å². The molecule has 2 aromatic rings. The van der Waals surface area contributed by atoms with Crippen LogP contribution in [0.2, 0.25) is 0 Å². The fourth-order valence-electron chi connectivity index (χ4n) is 3.72. The summed E-state index contributed by atoms with van der Waals surface area (Å²) in [5.41, 5.74) is 2.37. The van der Waals surface area contributed by atoms with Gasteiger partial charge in [-0.25, -0.2) is 0 Å². The SMILES string of the molecule is CCCCNC(=O)c1cc2c(n(-c3ccc(C)cc3)c1=O)CC(C)(C)CC2=O. The minimum Gasteiger partial charge on any atom is -0.352 e. The van der Waals surface area contributed by atoms with Crippen LogP contribution in [0.1, 0.15) is 72.0 Å². The molecular formula is C23H28N2O3. The molecule has 0 radical (unpaired) electrons. The van der Waals surface area contributed by atoms with Crippen LogP contribution >= 0.6 is 0 Å². The molecule has 0 bridgehead atoms. The first kappa shape index (κ1) is 20.1. The Balaban J connectivity index is 2.20. The first-order valence-electron chi connectivity index (χ1n) is 9.91. The summed E-state index contributed by atoms with van der Waals surface area (Å²) in [4.78, 5) is 38.8. The molecule has 148 valence electrons. The quantitative estimate of drug-likeness (QED) is 0.802. The highest BCUT2D eigenvalue weighted by molar-refractivity contribution is 6.02. The number of aromatic nitrogens is 1. The molecule has 0 atom stereocenters. The van der Waals surface area contributed by atoms with Crippen LogP contribution in [-0.4, -0.2) is 22.8 Å². The average Bonchev–Trinajstić information content (AvgIpc) is 2.62. The lowest BCUT2D eigenvalue weighted by Gasteiger charge is -2.32. The number of fused-ring (bicyclic) bond motifs is 1. The Kier molecular flexibility index (Phi) is 5.54. The number of ketones is 1. The first-order chi connectivity index (χ1) is 13.2. The largest absolute Gasteiger partial charge is 0.352 e. The highest BCUT2D eigenvalue weighted by Gasteiger charge is 2.34. The molecule has 1 aromatic carbocycles. The molecule has 1 aromatic heterocycles. The molecule has 1 amide bonds. The minimum atomic E-state index is -0.417. The van der Waals surface area contributed by atoms with Crippen molar-refractivity contribution in [2.75, 3.05) is 6.54 Å². The molecule has 1 heterocycles. The van der Waals surface area contributed by atoms with E-state index in [-0.39, 0.29) is 22.3 Å². The van der Waals surface area contributed by atoms with Gasteiger partial charge in [0.25, 0.3) is 11.5 Å². The third-order valence-electron chi connectivity index (χ3n) is 5.24. The number of amides is 1. The van der Waals surface area contributed by atoms with Gasteiger partial charge in [-0.2, -0.15) is 0 Å². The van der Waals surface area contributed by atoms with Crippen molar-refractivity contribution >= 4 is 11.7 Å². The molecule has 0 saturated heterocycles. The summed E-state index contributed by atoms with van der Waals surface area (Å²) in [5, 5.41) is 2.80. The van der Waals surface area contributed by atoms with Gasteiger partial charge in [0.15, 0.2) is 5.78 Å². The molecule has 0 saturated carbocycles. The lowest BCUT2D eigenvalue weighted by molar-refractivity contribution is 0.0908. The summed E-state index contributed by atoms with van der Waals surface area (Å²) in [6.07, 6.45) is 2.81. The van der Waals surface area contributed by atoms with E-state index in [0.717, 1.165) is 18.4 Å². The van der Waals surface area contributed by atoms with E-state index in [1.54, 1.807) is 4.57 Å². The highest BCUT2D eigenvalue weighted by Crippen LogP contribution is 2.35. The fraction of sp³-hybridized carbons (Fsp3) is 0.435. The van der Waals surface area contributed by atoms with Crippen molar-refractivity contribution in [1.82, 2.24) is 9.88 Å². The van der Waals surface area contributed by atoms with Gasteiger partial charge in [-0.3, -0.25) is 19.0 Å². The van der Waals surface area contributed by atoms with Gasteiger partial charge in [0.05, 0.1) is 0 Å². The van der Waals surface area contributed by atoms with Crippen LogP contribution in [0.3, 0.4) is 0 Å². The van der Waals surface area contributed by atoms with Crippen molar-refractivity contribution in [3.63, 3.8) is 0 Å². The smallest absolute Gasteiger partial charge is 0.268 e. The van der Waals surface area contributed by atoms with E-state index in [2.05, 4.69) is 5.32 Å². The zero-order chi connectivity index (χ0) is 20.5. The summed E-state index contributed by atoms with van der Waals surface area (Å²) in [5.74, 6) is -0.436. The van der Waals surface area contributed by atoms with E-state index in [9.17, 15) is 14.4 Å². The van der Waals surface area contributed by atoms with E-state index in [1.807, 2.05) is 52.0 Å². The lowest BCUT2D eigenvalue weighted by Crippen LogP contribution is -2.39. The average molecular weight is 380 g/mol. The van der Waals surface area contributed by atoms with Gasteiger partial charge in [0, 0.05) is 29.9 Å². The van der Waals surface area contributed by atoms with E-state index < -0.39 is 5.91 Å². The van der Waals surface area contributed by atoms with Crippen LogP contribution in [0.4, 0.5) is 0 Å². The van der Waals surface area contributed by atoms with Gasteiger partial charge in [-0.1, -0.05) is 44.9 Å². The van der Waals surface area contributed by atoms with E-state index in [4.69, 9.17) is 0 Å². The molecule has 0 aliphatic heterocycles. The van der Waals surface area contributed by atoms with Crippen molar-refractivity contribution in [3.05, 3.63) is 63.1 Å². The van der Waals surface area contributed by atoms with Crippen molar-refractivity contribution in [3.8, 4) is 5.69 Å². The number of Topliss-reactive ketones (excluding diaryl/α,β-unsaturated/α-hetero) is 1. The van der Waals surface area contributed by atoms with Gasteiger partial charge in [-0.05, 0) is 43.4 Å². The molecule has 5 heteroatoms. The van der Waals surface area contributed by atoms with Crippen molar-refractivity contribution in [1.29, 1.82) is 0 Å². The lowest BCUT2D eigenvalue weighted by atomic mass is 9.75. The summed E-state index contributed by atoms with van der Waals surface area (Å²) in [7, 11) is 0. The second kappa shape index (κ2) is 7.74. The molecule has 1 aliphatic carbocycles. The number of benzene rings is 1. The van der Waals surface area contributed by atoms with Crippen LogP contribution in [0.5, 0.6) is 0 Å². The molecule has 5 nitrogen and oxygen atoms in total. The Morgan fingerprint density at radius 2 is 1.82 bits per heavy atom. The van der Waals surface area contributed by atoms with Crippen LogP contribution in [0.25, 0.3) is 5.69 Å². The molecule has 0 unspecified atom stereocenters. The zero-order valence-corrected chi connectivity index (χ0v) is 17.1. The second-order valence-corrected chi connectivity index (χ2v) is 8.44. The Bertz CT molecular complexity index is 969. The van der Waals surface area contributed by atoms with Gasteiger partial charge in [-0.15, -0.1) is 0 Å². The summed E-state index contributed by atoms with van der Waals surface area (Å²) in [6.45, 7) is 8.59. The van der Waals surface area contributed by atoms with E-state index in [0.29, 0.717) is 36.3 Å². The number of hydrogen-bond acceptors (Lipinski definition) is 3. The van der Waals surface area contributed by atoms with Gasteiger partial charge in [0.1, 0.15) is 5.56 Å². The van der Waals surface area contributed by atoms with Crippen LogP contribution < -0.4 is 10.9 Å². The molecule has 1 aliphatic rings.